The van der Waals surface area contributed by atoms with Gasteiger partial charge in [0.25, 0.3) is 5.91 Å². The molecular formula is C18H31N3O. The Hall–Kier alpha value is -0.900. The van der Waals surface area contributed by atoms with Gasteiger partial charge in [-0.25, -0.2) is 0 Å². The standard InChI is InChI=1S/C18H31N3O/c1-2-3-10-16-19-17(22)18(20-16)11-13-21(14-12-18)15-8-6-4-5-7-9-15/h15H,2-14H2,1H3,(H,19,20,22). The number of amidine groups is 1. The minimum Gasteiger partial charge on any atom is -0.312 e. The van der Waals surface area contributed by atoms with Gasteiger partial charge in [0.1, 0.15) is 11.4 Å². The number of amides is 1. The van der Waals surface area contributed by atoms with E-state index in [1.165, 1.54) is 38.5 Å². The predicted octanol–water partition coefficient (Wildman–Crippen LogP) is 3.26. The summed E-state index contributed by atoms with van der Waals surface area (Å²) in [4.78, 5) is 19.9. The van der Waals surface area contributed by atoms with E-state index in [0.717, 1.165) is 57.1 Å². The van der Waals surface area contributed by atoms with Gasteiger partial charge in [-0.05, 0) is 32.1 Å². The van der Waals surface area contributed by atoms with Crippen LogP contribution in [0.5, 0.6) is 0 Å². The first-order chi connectivity index (χ1) is 10.7. The highest BCUT2D eigenvalue weighted by atomic mass is 16.2. The number of nitrogens with one attached hydrogen (secondary N) is 1. The molecule has 1 amide bonds. The van der Waals surface area contributed by atoms with Crippen LogP contribution in [0.4, 0.5) is 0 Å². The van der Waals surface area contributed by atoms with E-state index in [1.807, 2.05) is 0 Å². The Morgan fingerprint density at radius 3 is 2.50 bits per heavy atom. The van der Waals surface area contributed by atoms with Crippen molar-refractivity contribution >= 4 is 11.7 Å². The van der Waals surface area contributed by atoms with Crippen LogP contribution in [-0.4, -0.2) is 41.3 Å². The smallest absolute Gasteiger partial charge is 0.253 e. The molecule has 0 unspecified atom stereocenters. The van der Waals surface area contributed by atoms with Crippen LogP contribution >= 0.6 is 0 Å². The first kappa shape index (κ1) is 16.0. The average Bonchev–Trinajstić information content (AvgIpc) is 2.73. The number of piperidine rings is 1. The third-order valence-electron chi connectivity index (χ3n) is 5.76. The van der Waals surface area contributed by atoms with Gasteiger partial charge in [0.2, 0.25) is 0 Å². The van der Waals surface area contributed by atoms with Gasteiger partial charge >= 0.3 is 0 Å². The second kappa shape index (κ2) is 7.12. The Morgan fingerprint density at radius 1 is 1.18 bits per heavy atom. The minimum atomic E-state index is -0.426. The van der Waals surface area contributed by atoms with Gasteiger partial charge in [-0.15, -0.1) is 0 Å². The molecule has 2 aliphatic heterocycles. The largest absolute Gasteiger partial charge is 0.312 e. The molecule has 0 atom stereocenters. The van der Waals surface area contributed by atoms with Crippen molar-refractivity contribution in [1.29, 1.82) is 0 Å². The number of hydrogen-bond acceptors (Lipinski definition) is 3. The van der Waals surface area contributed by atoms with Crippen LogP contribution in [0.2, 0.25) is 0 Å². The van der Waals surface area contributed by atoms with Crippen LogP contribution in [0.15, 0.2) is 4.99 Å². The van der Waals surface area contributed by atoms with E-state index in [-0.39, 0.29) is 5.91 Å². The molecule has 2 fully saturated rings. The molecule has 1 N–H and O–H groups in total. The topological polar surface area (TPSA) is 44.7 Å². The molecule has 3 rings (SSSR count). The van der Waals surface area contributed by atoms with Crippen LogP contribution in [0.25, 0.3) is 0 Å². The van der Waals surface area contributed by atoms with Crippen molar-refractivity contribution in [1.82, 2.24) is 10.2 Å². The Labute approximate surface area is 134 Å². The zero-order chi connectivity index (χ0) is 15.4. The van der Waals surface area contributed by atoms with Gasteiger partial charge in [0.15, 0.2) is 0 Å². The lowest BCUT2D eigenvalue weighted by Gasteiger charge is -2.39. The number of rotatable bonds is 4. The second-order valence-electron chi connectivity index (χ2n) is 7.33. The number of hydrogen-bond donors (Lipinski definition) is 1. The molecule has 0 radical (unpaired) electrons. The van der Waals surface area contributed by atoms with Crippen LogP contribution in [-0.2, 0) is 4.79 Å². The SMILES string of the molecule is CCCCC1=NC2(CCN(C3CCCCCC3)CC2)C(=O)N1. The molecule has 1 saturated heterocycles. The first-order valence-corrected chi connectivity index (χ1v) is 9.38. The summed E-state index contributed by atoms with van der Waals surface area (Å²) in [6.07, 6.45) is 13.3. The third-order valence-corrected chi connectivity index (χ3v) is 5.76. The highest BCUT2D eigenvalue weighted by Gasteiger charge is 2.46. The van der Waals surface area contributed by atoms with E-state index in [2.05, 4.69) is 17.1 Å². The molecule has 124 valence electrons. The van der Waals surface area contributed by atoms with Gasteiger partial charge < -0.3 is 10.2 Å². The molecule has 1 aliphatic carbocycles. The zero-order valence-corrected chi connectivity index (χ0v) is 14.1. The molecule has 22 heavy (non-hydrogen) atoms. The highest BCUT2D eigenvalue weighted by Crippen LogP contribution is 2.33. The maximum atomic E-state index is 12.4. The molecule has 0 bridgehead atoms. The van der Waals surface area contributed by atoms with Crippen molar-refractivity contribution < 1.29 is 4.79 Å². The van der Waals surface area contributed by atoms with Crippen LogP contribution < -0.4 is 5.32 Å². The fraction of sp³-hybridized carbons (Fsp3) is 0.889. The summed E-state index contributed by atoms with van der Waals surface area (Å²) in [5, 5.41) is 3.05. The van der Waals surface area contributed by atoms with Crippen LogP contribution in [0.3, 0.4) is 0 Å². The summed E-state index contributed by atoms with van der Waals surface area (Å²) >= 11 is 0. The number of nitrogens with zero attached hydrogens (tertiary/aromatic N) is 2. The summed E-state index contributed by atoms with van der Waals surface area (Å²) in [7, 11) is 0. The quantitative estimate of drug-likeness (QED) is 0.810. The molecular weight excluding hydrogens is 274 g/mol. The Kier molecular flexibility index (Phi) is 5.17. The monoisotopic (exact) mass is 305 g/mol. The summed E-state index contributed by atoms with van der Waals surface area (Å²) in [6, 6.07) is 0.757. The van der Waals surface area contributed by atoms with Crippen LogP contribution in [0.1, 0.15) is 77.6 Å². The van der Waals surface area contributed by atoms with Crippen LogP contribution in [0, 0.1) is 0 Å². The second-order valence-corrected chi connectivity index (χ2v) is 7.33. The lowest BCUT2D eigenvalue weighted by Crippen LogP contribution is -2.51. The average molecular weight is 305 g/mol. The van der Waals surface area contributed by atoms with E-state index < -0.39 is 5.54 Å². The molecule has 1 spiro atoms. The first-order valence-electron chi connectivity index (χ1n) is 9.38. The summed E-state index contributed by atoms with van der Waals surface area (Å²) in [6.45, 7) is 4.27. The van der Waals surface area contributed by atoms with E-state index in [9.17, 15) is 4.79 Å². The molecule has 4 heteroatoms. The lowest BCUT2D eigenvalue weighted by molar-refractivity contribution is -0.125. The number of carbonyl (C=O) groups excluding carboxylic acids is 1. The maximum Gasteiger partial charge on any atom is 0.253 e. The molecule has 1 saturated carbocycles. The zero-order valence-electron chi connectivity index (χ0n) is 14.1. The van der Waals surface area contributed by atoms with Gasteiger partial charge in [-0.1, -0.05) is 39.0 Å². The Morgan fingerprint density at radius 2 is 1.86 bits per heavy atom. The minimum absolute atomic E-state index is 0.166. The number of likely N-dealkylation sites (tertiary alicyclic amines) is 1. The van der Waals surface area contributed by atoms with Crippen molar-refractivity contribution in [3.05, 3.63) is 0 Å². The van der Waals surface area contributed by atoms with Crippen molar-refractivity contribution in [2.45, 2.75) is 89.1 Å². The van der Waals surface area contributed by atoms with E-state index in [4.69, 9.17) is 4.99 Å². The molecule has 0 aromatic heterocycles. The van der Waals surface area contributed by atoms with Gasteiger partial charge in [-0.2, -0.15) is 0 Å². The van der Waals surface area contributed by atoms with Crippen molar-refractivity contribution in [3.63, 3.8) is 0 Å². The molecule has 0 aromatic carbocycles. The van der Waals surface area contributed by atoms with Crippen molar-refractivity contribution in [2.24, 2.45) is 4.99 Å². The highest BCUT2D eigenvalue weighted by molar-refractivity contribution is 6.08. The number of unbranched alkanes of at least 4 members (excludes halogenated alkanes) is 1. The molecule has 3 aliphatic rings. The molecule has 4 nitrogen and oxygen atoms in total. The molecule has 0 aromatic rings. The third kappa shape index (κ3) is 3.37. The van der Waals surface area contributed by atoms with Gasteiger partial charge in [0, 0.05) is 25.6 Å². The summed E-state index contributed by atoms with van der Waals surface area (Å²) < 4.78 is 0. The van der Waals surface area contributed by atoms with Gasteiger partial charge in [-0.3, -0.25) is 9.79 Å². The van der Waals surface area contributed by atoms with Crippen molar-refractivity contribution in [2.75, 3.05) is 13.1 Å². The fourth-order valence-corrected chi connectivity index (χ4v) is 4.27. The summed E-state index contributed by atoms with van der Waals surface area (Å²) in [5.41, 5.74) is -0.426. The Bertz CT molecular complexity index is 416. The number of carbonyl (C=O) groups is 1. The summed E-state index contributed by atoms with van der Waals surface area (Å²) in [5.74, 6) is 1.11. The molecule has 2 heterocycles. The Balaban J connectivity index is 1.58. The normalized spacial score (nSPS) is 26.8. The number of aliphatic imine (C=N–C) groups is 1. The van der Waals surface area contributed by atoms with E-state index >= 15 is 0 Å². The lowest BCUT2D eigenvalue weighted by atomic mass is 9.87. The van der Waals surface area contributed by atoms with E-state index in [1.54, 1.807) is 0 Å². The maximum absolute atomic E-state index is 12.4. The predicted molar refractivity (Wildman–Crippen MR) is 90.1 cm³/mol. The van der Waals surface area contributed by atoms with Gasteiger partial charge in [0.05, 0.1) is 0 Å². The van der Waals surface area contributed by atoms with Crippen molar-refractivity contribution in [3.8, 4) is 0 Å². The van der Waals surface area contributed by atoms with E-state index in [0.29, 0.717) is 0 Å². The fourth-order valence-electron chi connectivity index (χ4n) is 4.27.